The van der Waals surface area contributed by atoms with E-state index in [0.717, 1.165) is 23.2 Å². The first-order valence-electron chi connectivity index (χ1n) is 3.83. The summed E-state index contributed by atoms with van der Waals surface area (Å²) in [6, 6.07) is 1.86. The van der Waals surface area contributed by atoms with Crippen LogP contribution in [0, 0.1) is 6.92 Å². The van der Waals surface area contributed by atoms with E-state index in [2.05, 4.69) is 11.9 Å². The first-order chi connectivity index (χ1) is 5.29. The maximum atomic E-state index is 8.91. The molecule has 1 rings (SSSR count). The van der Waals surface area contributed by atoms with Crippen LogP contribution in [-0.2, 0) is 13.0 Å². The van der Waals surface area contributed by atoms with Gasteiger partial charge in [0.1, 0.15) is 0 Å². The largest absolute Gasteiger partial charge is 0.392 e. The Labute approximate surface area is 66.9 Å². The molecule has 0 aliphatic rings. The molecule has 0 bridgehead atoms. The number of aliphatic hydroxyl groups is 1. The molecule has 2 nitrogen and oxygen atoms in total. The zero-order chi connectivity index (χ0) is 8.27. The number of hydrogen-bond acceptors (Lipinski definition) is 2. The maximum Gasteiger partial charge on any atom is 0.0685 e. The van der Waals surface area contributed by atoms with Crippen molar-refractivity contribution in [3.63, 3.8) is 0 Å². The SMILES string of the molecule is CCc1nccc(CO)c1C. The molecule has 11 heavy (non-hydrogen) atoms. The first kappa shape index (κ1) is 8.21. The zero-order valence-electron chi connectivity index (χ0n) is 6.96. The van der Waals surface area contributed by atoms with Gasteiger partial charge in [-0.25, -0.2) is 0 Å². The molecule has 0 radical (unpaired) electrons. The monoisotopic (exact) mass is 151 g/mol. The van der Waals surface area contributed by atoms with Crippen molar-refractivity contribution in [1.82, 2.24) is 4.98 Å². The van der Waals surface area contributed by atoms with Gasteiger partial charge in [0.25, 0.3) is 0 Å². The van der Waals surface area contributed by atoms with E-state index in [9.17, 15) is 0 Å². The lowest BCUT2D eigenvalue weighted by molar-refractivity contribution is 0.280. The number of aromatic nitrogens is 1. The van der Waals surface area contributed by atoms with E-state index >= 15 is 0 Å². The fraction of sp³-hybridized carbons (Fsp3) is 0.444. The third kappa shape index (κ3) is 1.57. The second kappa shape index (κ2) is 3.49. The Hall–Kier alpha value is -0.890. The van der Waals surface area contributed by atoms with Crippen LogP contribution >= 0.6 is 0 Å². The molecule has 0 unspecified atom stereocenters. The first-order valence-corrected chi connectivity index (χ1v) is 3.83. The summed E-state index contributed by atoms with van der Waals surface area (Å²) in [5.74, 6) is 0. The average Bonchev–Trinajstić information content (AvgIpc) is 2.05. The van der Waals surface area contributed by atoms with Crippen molar-refractivity contribution >= 4 is 0 Å². The third-order valence-corrected chi connectivity index (χ3v) is 1.93. The van der Waals surface area contributed by atoms with Gasteiger partial charge in [-0.2, -0.15) is 0 Å². The minimum absolute atomic E-state index is 0.112. The summed E-state index contributed by atoms with van der Waals surface area (Å²) in [6.45, 7) is 4.18. The van der Waals surface area contributed by atoms with Gasteiger partial charge in [0, 0.05) is 11.9 Å². The second-order valence-corrected chi connectivity index (χ2v) is 2.55. The number of nitrogens with zero attached hydrogens (tertiary/aromatic N) is 1. The molecule has 0 saturated carbocycles. The predicted octanol–water partition coefficient (Wildman–Crippen LogP) is 1.44. The van der Waals surface area contributed by atoms with Crippen LogP contribution in [0.1, 0.15) is 23.7 Å². The summed E-state index contributed by atoms with van der Waals surface area (Å²) in [5, 5.41) is 8.91. The van der Waals surface area contributed by atoms with Crippen molar-refractivity contribution in [1.29, 1.82) is 0 Å². The number of aliphatic hydroxyl groups excluding tert-OH is 1. The molecule has 0 aliphatic carbocycles. The van der Waals surface area contributed by atoms with Crippen molar-refractivity contribution in [2.75, 3.05) is 0 Å². The van der Waals surface area contributed by atoms with E-state index in [4.69, 9.17) is 5.11 Å². The molecule has 2 heteroatoms. The zero-order valence-corrected chi connectivity index (χ0v) is 6.96. The molecule has 60 valence electrons. The topological polar surface area (TPSA) is 33.1 Å². The van der Waals surface area contributed by atoms with Crippen molar-refractivity contribution in [2.24, 2.45) is 0 Å². The summed E-state index contributed by atoms with van der Waals surface area (Å²) in [6.07, 6.45) is 2.68. The van der Waals surface area contributed by atoms with Gasteiger partial charge < -0.3 is 5.11 Å². The van der Waals surface area contributed by atoms with Gasteiger partial charge in [-0.3, -0.25) is 4.98 Å². The fourth-order valence-corrected chi connectivity index (χ4v) is 1.15. The molecule has 0 amide bonds. The Bertz CT molecular complexity index is 223. The predicted molar refractivity (Wildman–Crippen MR) is 44.3 cm³/mol. The van der Waals surface area contributed by atoms with Gasteiger partial charge in [0.2, 0.25) is 0 Å². The molecule has 1 aromatic rings. The standard InChI is InChI=1S/C9H13NO/c1-3-9-7(2)8(6-11)4-5-10-9/h4-5,11H,3,6H2,1-2H3. The van der Waals surface area contributed by atoms with E-state index in [1.165, 1.54) is 0 Å². The van der Waals surface area contributed by atoms with Gasteiger partial charge in [0.05, 0.1) is 6.61 Å². The Morgan fingerprint density at radius 1 is 1.55 bits per heavy atom. The highest BCUT2D eigenvalue weighted by Crippen LogP contribution is 2.10. The smallest absolute Gasteiger partial charge is 0.0685 e. The summed E-state index contributed by atoms with van der Waals surface area (Å²) in [5.41, 5.74) is 3.19. The molecule has 1 aromatic heterocycles. The van der Waals surface area contributed by atoms with Crippen LogP contribution in [0.3, 0.4) is 0 Å². The third-order valence-electron chi connectivity index (χ3n) is 1.93. The summed E-state index contributed by atoms with van der Waals surface area (Å²) >= 11 is 0. The summed E-state index contributed by atoms with van der Waals surface area (Å²) < 4.78 is 0. The minimum atomic E-state index is 0.112. The molecule has 0 aliphatic heterocycles. The van der Waals surface area contributed by atoms with E-state index in [0.29, 0.717) is 0 Å². The number of pyridine rings is 1. The van der Waals surface area contributed by atoms with E-state index in [1.807, 2.05) is 13.0 Å². The van der Waals surface area contributed by atoms with Crippen LogP contribution in [0.25, 0.3) is 0 Å². The van der Waals surface area contributed by atoms with Gasteiger partial charge >= 0.3 is 0 Å². The van der Waals surface area contributed by atoms with Gasteiger partial charge in [-0.1, -0.05) is 6.92 Å². The van der Waals surface area contributed by atoms with Gasteiger partial charge in [-0.15, -0.1) is 0 Å². The average molecular weight is 151 g/mol. The van der Waals surface area contributed by atoms with Gasteiger partial charge in [0.15, 0.2) is 0 Å². The van der Waals surface area contributed by atoms with Crippen LogP contribution in [-0.4, -0.2) is 10.1 Å². The Kier molecular flexibility index (Phi) is 2.60. The number of hydrogen-bond donors (Lipinski definition) is 1. The number of aryl methyl sites for hydroxylation is 1. The molecular weight excluding hydrogens is 138 g/mol. The Morgan fingerprint density at radius 3 is 2.82 bits per heavy atom. The lowest BCUT2D eigenvalue weighted by Crippen LogP contribution is -1.96. The Morgan fingerprint density at radius 2 is 2.27 bits per heavy atom. The van der Waals surface area contributed by atoms with Crippen molar-refractivity contribution in [3.05, 3.63) is 29.1 Å². The highest BCUT2D eigenvalue weighted by Gasteiger charge is 2.00. The van der Waals surface area contributed by atoms with Gasteiger partial charge in [-0.05, 0) is 30.5 Å². The lowest BCUT2D eigenvalue weighted by atomic mass is 10.1. The highest BCUT2D eigenvalue weighted by atomic mass is 16.3. The molecular formula is C9H13NO. The molecule has 0 aromatic carbocycles. The summed E-state index contributed by atoms with van der Waals surface area (Å²) in [7, 11) is 0. The fourth-order valence-electron chi connectivity index (χ4n) is 1.15. The highest BCUT2D eigenvalue weighted by molar-refractivity contribution is 5.27. The lowest BCUT2D eigenvalue weighted by Gasteiger charge is -2.05. The molecule has 0 atom stereocenters. The van der Waals surface area contributed by atoms with E-state index in [-0.39, 0.29) is 6.61 Å². The molecule has 1 N–H and O–H groups in total. The van der Waals surface area contributed by atoms with E-state index in [1.54, 1.807) is 6.20 Å². The minimum Gasteiger partial charge on any atom is -0.392 e. The normalized spacial score (nSPS) is 10.1. The van der Waals surface area contributed by atoms with E-state index < -0.39 is 0 Å². The maximum absolute atomic E-state index is 8.91. The molecule has 0 saturated heterocycles. The summed E-state index contributed by atoms with van der Waals surface area (Å²) in [4.78, 5) is 4.19. The van der Waals surface area contributed by atoms with Crippen LogP contribution in [0.5, 0.6) is 0 Å². The Balaban J connectivity index is 3.10. The molecule has 0 spiro atoms. The van der Waals surface area contributed by atoms with Crippen molar-refractivity contribution < 1.29 is 5.11 Å². The quantitative estimate of drug-likeness (QED) is 0.693. The molecule has 1 heterocycles. The van der Waals surface area contributed by atoms with Crippen LogP contribution < -0.4 is 0 Å². The van der Waals surface area contributed by atoms with Crippen molar-refractivity contribution in [2.45, 2.75) is 26.9 Å². The van der Waals surface area contributed by atoms with Crippen LogP contribution in [0.4, 0.5) is 0 Å². The number of rotatable bonds is 2. The van der Waals surface area contributed by atoms with Crippen molar-refractivity contribution in [3.8, 4) is 0 Å². The second-order valence-electron chi connectivity index (χ2n) is 2.55. The van der Waals surface area contributed by atoms with Crippen LogP contribution in [0.2, 0.25) is 0 Å². The molecule has 0 fully saturated rings. The van der Waals surface area contributed by atoms with Crippen LogP contribution in [0.15, 0.2) is 12.3 Å².